The van der Waals surface area contributed by atoms with Crippen LogP contribution in [0.15, 0.2) is 42.5 Å². The van der Waals surface area contributed by atoms with Crippen LogP contribution < -0.4 is 5.32 Å². The normalized spacial score (nSPS) is 14.0. The molecule has 1 unspecified atom stereocenters. The van der Waals surface area contributed by atoms with Crippen LogP contribution in [0, 0.1) is 0 Å². The summed E-state index contributed by atoms with van der Waals surface area (Å²) in [7, 11) is 0. The molecule has 0 spiro atoms. The molecule has 2 aromatic carbocycles. The van der Waals surface area contributed by atoms with E-state index in [1.54, 1.807) is 18.2 Å². The van der Waals surface area contributed by atoms with E-state index in [4.69, 9.17) is 34.8 Å². The van der Waals surface area contributed by atoms with Crippen molar-refractivity contribution >= 4 is 34.8 Å². The molecule has 5 heteroatoms. The highest BCUT2D eigenvalue weighted by atomic mass is 35.5. The molecule has 2 aromatic rings. The first-order valence-electron chi connectivity index (χ1n) is 6.59. The number of rotatable bonds is 5. The van der Waals surface area contributed by atoms with Crippen LogP contribution in [-0.2, 0) is 0 Å². The molecule has 0 fully saturated rings. The molecule has 0 amide bonds. The Labute approximate surface area is 139 Å². The summed E-state index contributed by atoms with van der Waals surface area (Å²) in [6.07, 6.45) is -0.724. The van der Waals surface area contributed by atoms with Crippen molar-refractivity contribution in [3.8, 4) is 0 Å². The van der Waals surface area contributed by atoms with Gasteiger partial charge in [0.15, 0.2) is 0 Å². The maximum Gasteiger partial charge on any atom is 0.0929 e. The van der Waals surface area contributed by atoms with E-state index in [9.17, 15) is 5.11 Å². The standard InChI is InChI=1S/C16H16Cl3NO/c1-10(11-3-2-4-12(17)7-11)20-9-16(21)14-8-13(18)5-6-15(14)19/h2-8,10,16,20-21H,9H2,1H3/t10-,16?/m1/s1. The van der Waals surface area contributed by atoms with Crippen LogP contribution in [0.3, 0.4) is 0 Å². The molecule has 2 rings (SSSR count). The number of hydrogen-bond donors (Lipinski definition) is 2. The summed E-state index contributed by atoms with van der Waals surface area (Å²) in [6.45, 7) is 2.38. The second-order valence-corrected chi connectivity index (χ2v) is 6.15. The zero-order chi connectivity index (χ0) is 15.4. The van der Waals surface area contributed by atoms with E-state index in [0.717, 1.165) is 5.56 Å². The highest BCUT2D eigenvalue weighted by molar-refractivity contribution is 6.33. The molecule has 2 N–H and O–H groups in total. The van der Waals surface area contributed by atoms with E-state index in [0.29, 0.717) is 27.2 Å². The van der Waals surface area contributed by atoms with Crippen LogP contribution >= 0.6 is 34.8 Å². The summed E-state index contributed by atoms with van der Waals surface area (Å²) in [5.74, 6) is 0. The van der Waals surface area contributed by atoms with Gasteiger partial charge < -0.3 is 10.4 Å². The zero-order valence-corrected chi connectivity index (χ0v) is 13.8. The van der Waals surface area contributed by atoms with Crippen molar-refractivity contribution in [1.29, 1.82) is 0 Å². The van der Waals surface area contributed by atoms with Gasteiger partial charge in [0.1, 0.15) is 0 Å². The fourth-order valence-electron chi connectivity index (χ4n) is 2.06. The number of nitrogens with one attached hydrogen (secondary N) is 1. The van der Waals surface area contributed by atoms with E-state index in [1.807, 2.05) is 31.2 Å². The van der Waals surface area contributed by atoms with Crippen molar-refractivity contribution in [3.63, 3.8) is 0 Å². The Morgan fingerprint density at radius 1 is 1.05 bits per heavy atom. The minimum absolute atomic E-state index is 0.0660. The Morgan fingerprint density at radius 2 is 1.76 bits per heavy atom. The van der Waals surface area contributed by atoms with Gasteiger partial charge in [-0.05, 0) is 42.8 Å². The van der Waals surface area contributed by atoms with Crippen LogP contribution in [0.25, 0.3) is 0 Å². The van der Waals surface area contributed by atoms with Crippen molar-refractivity contribution in [1.82, 2.24) is 5.32 Å². The molecule has 2 nitrogen and oxygen atoms in total. The van der Waals surface area contributed by atoms with Crippen molar-refractivity contribution in [3.05, 3.63) is 68.7 Å². The Bertz CT molecular complexity index is 618. The Kier molecular flexibility index (Phi) is 5.91. The van der Waals surface area contributed by atoms with Crippen molar-refractivity contribution in [2.24, 2.45) is 0 Å². The molecule has 0 aliphatic heterocycles. The topological polar surface area (TPSA) is 32.3 Å². The quantitative estimate of drug-likeness (QED) is 0.797. The van der Waals surface area contributed by atoms with E-state index in [1.165, 1.54) is 0 Å². The molecule has 2 atom stereocenters. The SMILES string of the molecule is C[C@@H](NCC(O)c1cc(Cl)ccc1Cl)c1cccc(Cl)c1. The summed E-state index contributed by atoms with van der Waals surface area (Å²) < 4.78 is 0. The fraction of sp³-hybridized carbons (Fsp3) is 0.250. The second-order valence-electron chi connectivity index (χ2n) is 4.87. The lowest BCUT2D eigenvalue weighted by molar-refractivity contribution is 0.171. The zero-order valence-electron chi connectivity index (χ0n) is 11.5. The minimum Gasteiger partial charge on any atom is -0.387 e. The van der Waals surface area contributed by atoms with Crippen LogP contribution in [0.4, 0.5) is 0 Å². The van der Waals surface area contributed by atoms with Gasteiger partial charge in [-0.25, -0.2) is 0 Å². The lowest BCUT2D eigenvalue weighted by atomic mass is 10.1. The Morgan fingerprint density at radius 3 is 2.48 bits per heavy atom. The average molecular weight is 345 g/mol. The summed E-state index contributed by atoms with van der Waals surface area (Å²) in [6, 6.07) is 12.8. The molecule has 21 heavy (non-hydrogen) atoms. The third kappa shape index (κ3) is 4.60. The third-order valence-electron chi connectivity index (χ3n) is 3.28. The number of halogens is 3. The molecule has 0 saturated heterocycles. The smallest absolute Gasteiger partial charge is 0.0929 e. The van der Waals surface area contributed by atoms with Crippen LogP contribution in [0.5, 0.6) is 0 Å². The van der Waals surface area contributed by atoms with Crippen LogP contribution in [0.1, 0.15) is 30.2 Å². The predicted octanol–water partition coefficient (Wildman–Crippen LogP) is 5.03. The summed E-state index contributed by atoms with van der Waals surface area (Å²) >= 11 is 18.0. The molecule has 0 heterocycles. The van der Waals surface area contributed by atoms with Gasteiger partial charge in [0.25, 0.3) is 0 Å². The van der Waals surface area contributed by atoms with Gasteiger partial charge in [-0.2, -0.15) is 0 Å². The predicted molar refractivity (Wildman–Crippen MR) is 89.3 cm³/mol. The number of aliphatic hydroxyl groups excluding tert-OH is 1. The maximum absolute atomic E-state index is 10.2. The number of benzene rings is 2. The average Bonchev–Trinajstić information content (AvgIpc) is 2.47. The molecule has 0 radical (unpaired) electrons. The molecule has 112 valence electrons. The number of aliphatic hydroxyl groups is 1. The Hall–Kier alpha value is -0.770. The van der Waals surface area contributed by atoms with Gasteiger partial charge in [-0.15, -0.1) is 0 Å². The molecule has 0 aromatic heterocycles. The fourth-order valence-corrected chi connectivity index (χ4v) is 2.68. The highest BCUT2D eigenvalue weighted by Crippen LogP contribution is 2.26. The molecule has 0 saturated carbocycles. The minimum atomic E-state index is -0.724. The van der Waals surface area contributed by atoms with E-state index in [-0.39, 0.29) is 6.04 Å². The van der Waals surface area contributed by atoms with Gasteiger partial charge in [-0.1, -0.05) is 46.9 Å². The summed E-state index contributed by atoms with van der Waals surface area (Å²) in [5, 5.41) is 15.3. The van der Waals surface area contributed by atoms with Gasteiger partial charge in [0, 0.05) is 33.2 Å². The summed E-state index contributed by atoms with van der Waals surface area (Å²) in [5.41, 5.74) is 1.68. The van der Waals surface area contributed by atoms with Crippen molar-refractivity contribution < 1.29 is 5.11 Å². The monoisotopic (exact) mass is 343 g/mol. The van der Waals surface area contributed by atoms with Crippen LogP contribution in [-0.4, -0.2) is 11.7 Å². The highest BCUT2D eigenvalue weighted by Gasteiger charge is 2.14. The first-order valence-corrected chi connectivity index (χ1v) is 7.72. The van der Waals surface area contributed by atoms with E-state index in [2.05, 4.69) is 5.32 Å². The van der Waals surface area contributed by atoms with Crippen molar-refractivity contribution in [2.45, 2.75) is 19.1 Å². The van der Waals surface area contributed by atoms with Crippen molar-refractivity contribution in [2.75, 3.05) is 6.54 Å². The van der Waals surface area contributed by atoms with Gasteiger partial charge in [0.05, 0.1) is 6.10 Å². The van der Waals surface area contributed by atoms with Gasteiger partial charge >= 0.3 is 0 Å². The molecule has 0 bridgehead atoms. The van der Waals surface area contributed by atoms with Crippen LogP contribution in [0.2, 0.25) is 15.1 Å². The Balaban J connectivity index is 2.00. The lowest BCUT2D eigenvalue weighted by Gasteiger charge is -2.19. The molecule has 0 aliphatic rings. The number of hydrogen-bond acceptors (Lipinski definition) is 2. The molecular formula is C16H16Cl3NO. The largest absolute Gasteiger partial charge is 0.387 e. The maximum atomic E-state index is 10.2. The van der Waals surface area contributed by atoms with Gasteiger partial charge in [-0.3, -0.25) is 0 Å². The molecular weight excluding hydrogens is 329 g/mol. The summed E-state index contributed by atoms with van der Waals surface area (Å²) in [4.78, 5) is 0. The first kappa shape index (κ1) is 16.6. The van der Waals surface area contributed by atoms with E-state index < -0.39 is 6.10 Å². The van der Waals surface area contributed by atoms with E-state index >= 15 is 0 Å². The lowest BCUT2D eigenvalue weighted by Crippen LogP contribution is -2.24. The molecule has 0 aliphatic carbocycles. The van der Waals surface area contributed by atoms with Gasteiger partial charge in [0.2, 0.25) is 0 Å². The first-order chi connectivity index (χ1) is 9.97. The third-order valence-corrected chi connectivity index (χ3v) is 4.10. The second kappa shape index (κ2) is 7.48.